The Labute approximate surface area is 113 Å². The summed E-state index contributed by atoms with van der Waals surface area (Å²) in [5, 5.41) is 16.2. The van der Waals surface area contributed by atoms with Crippen molar-refractivity contribution in [1.82, 2.24) is 5.01 Å². The largest absolute Gasteiger partial charge is 0.289 e. The van der Waals surface area contributed by atoms with Gasteiger partial charge in [-0.3, -0.25) is 5.01 Å². The van der Waals surface area contributed by atoms with Crippen molar-refractivity contribution in [2.75, 3.05) is 6.54 Å². The molecule has 0 unspecified atom stereocenters. The van der Waals surface area contributed by atoms with E-state index in [1.54, 1.807) is 0 Å². The number of benzene rings is 1. The molecule has 1 aromatic rings. The van der Waals surface area contributed by atoms with E-state index in [1.807, 2.05) is 6.07 Å². The maximum atomic E-state index is 9.03. The fourth-order valence-electron chi connectivity index (χ4n) is 3.90. The van der Waals surface area contributed by atoms with Crippen LogP contribution in [0.15, 0.2) is 23.3 Å². The van der Waals surface area contributed by atoms with Gasteiger partial charge >= 0.3 is 0 Å². The van der Waals surface area contributed by atoms with Gasteiger partial charge in [0.1, 0.15) is 0 Å². The lowest BCUT2D eigenvalue weighted by molar-refractivity contribution is 0.184. The van der Waals surface area contributed by atoms with Crippen LogP contribution in [0.3, 0.4) is 0 Å². The molecule has 1 fully saturated rings. The van der Waals surface area contributed by atoms with Gasteiger partial charge in [0.25, 0.3) is 0 Å². The molecule has 3 heteroatoms. The van der Waals surface area contributed by atoms with Crippen molar-refractivity contribution in [2.45, 2.75) is 38.1 Å². The van der Waals surface area contributed by atoms with Crippen molar-refractivity contribution in [1.29, 1.82) is 5.26 Å². The van der Waals surface area contributed by atoms with E-state index in [2.05, 4.69) is 23.2 Å². The Kier molecular flexibility index (Phi) is 2.38. The third-order valence-electron chi connectivity index (χ3n) is 4.79. The maximum Gasteiger partial charge on any atom is 0.0991 e. The predicted octanol–water partition coefficient (Wildman–Crippen LogP) is 3.02. The van der Waals surface area contributed by atoms with Crippen LogP contribution in [0.25, 0.3) is 0 Å². The topological polar surface area (TPSA) is 39.4 Å². The van der Waals surface area contributed by atoms with Gasteiger partial charge in [0.2, 0.25) is 0 Å². The van der Waals surface area contributed by atoms with E-state index in [4.69, 9.17) is 10.4 Å². The van der Waals surface area contributed by atoms with E-state index in [-0.39, 0.29) is 0 Å². The quantitative estimate of drug-likeness (QED) is 0.711. The molecule has 0 radical (unpaired) electrons. The van der Waals surface area contributed by atoms with Crippen LogP contribution in [0.5, 0.6) is 0 Å². The van der Waals surface area contributed by atoms with E-state index in [0.717, 1.165) is 18.5 Å². The van der Waals surface area contributed by atoms with Gasteiger partial charge in [0.15, 0.2) is 0 Å². The molecule has 2 atom stereocenters. The van der Waals surface area contributed by atoms with Crippen molar-refractivity contribution in [3.8, 4) is 6.07 Å². The number of hydrazone groups is 1. The number of nitrogens with zero attached hydrogens (tertiary/aromatic N) is 3. The van der Waals surface area contributed by atoms with Gasteiger partial charge in [-0.2, -0.15) is 10.4 Å². The summed E-state index contributed by atoms with van der Waals surface area (Å²) in [5.41, 5.74) is 4.99. The average molecular weight is 251 g/mol. The van der Waals surface area contributed by atoms with Crippen LogP contribution in [0.1, 0.15) is 48.4 Å². The summed E-state index contributed by atoms with van der Waals surface area (Å²) in [7, 11) is 0. The zero-order valence-corrected chi connectivity index (χ0v) is 11.0. The van der Waals surface area contributed by atoms with E-state index >= 15 is 0 Å². The first kappa shape index (κ1) is 11.0. The predicted molar refractivity (Wildman–Crippen MR) is 73.7 cm³/mol. The highest BCUT2D eigenvalue weighted by Gasteiger charge is 2.41. The van der Waals surface area contributed by atoms with Crippen molar-refractivity contribution < 1.29 is 0 Å². The highest BCUT2D eigenvalue weighted by molar-refractivity contribution is 5.89. The molecule has 96 valence electrons. The molecule has 0 amide bonds. The van der Waals surface area contributed by atoms with Gasteiger partial charge in [-0.25, -0.2) is 0 Å². The van der Waals surface area contributed by atoms with Crippen LogP contribution in [-0.4, -0.2) is 17.3 Å². The molecule has 0 spiro atoms. The standard InChI is InChI=1S/C16H17N3/c17-10-11-5-6-13-12(9-11)7-8-19-16(13)14-3-1-2-4-15(14)18-19/h5-6,9,14,16H,1-4,7-8H2/t14-,16-/m0/s1. The molecule has 0 aromatic heterocycles. The summed E-state index contributed by atoms with van der Waals surface area (Å²) in [5.74, 6) is 0.626. The molecular weight excluding hydrogens is 234 g/mol. The smallest absolute Gasteiger partial charge is 0.0991 e. The highest BCUT2D eigenvalue weighted by Crippen LogP contribution is 2.45. The fourth-order valence-corrected chi connectivity index (χ4v) is 3.90. The molecule has 2 heterocycles. The highest BCUT2D eigenvalue weighted by atomic mass is 15.5. The first-order valence-electron chi connectivity index (χ1n) is 7.24. The molecule has 1 saturated carbocycles. The second-order valence-electron chi connectivity index (χ2n) is 5.83. The fraction of sp³-hybridized carbons (Fsp3) is 0.500. The van der Waals surface area contributed by atoms with E-state index in [1.165, 1.54) is 42.5 Å². The zero-order chi connectivity index (χ0) is 12.8. The van der Waals surface area contributed by atoms with Crippen molar-refractivity contribution in [2.24, 2.45) is 11.0 Å². The van der Waals surface area contributed by atoms with Crippen LogP contribution in [0.4, 0.5) is 0 Å². The summed E-state index contributed by atoms with van der Waals surface area (Å²) in [4.78, 5) is 0. The SMILES string of the molecule is N#Cc1ccc2c(c1)CCN1N=C3CCCC[C@@H]3[C@H]21. The van der Waals surface area contributed by atoms with Crippen molar-refractivity contribution in [3.63, 3.8) is 0 Å². The van der Waals surface area contributed by atoms with Gasteiger partial charge in [-0.1, -0.05) is 12.5 Å². The maximum absolute atomic E-state index is 9.03. The summed E-state index contributed by atoms with van der Waals surface area (Å²) in [6.07, 6.45) is 6.11. The van der Waals surface area contributed by atoms with Crippen molar-refractivity contribution in [3.05, 3.63) is 34.9 Å². The average Bonchev–Trinajstić information content (AvgIpc) is 2.85. The van der Waals surface area contributed by atoms with E-state index < -0.39 is 0 Å². The molecule has 1 aliphatic carbocycles. The molecule has 3 nitrogen and oxygen atoms in total. The lowest BCUT2D eigenvalue weighted by Gasteiger charge is -2.35. The second-order valence-corrected chi connectivity index (χ2v) is 5.83. The Morgan fingerprint density at radius 1 is 1.26 bits per heavy atom. The molecule has 1 aromatic carbocycles. The molecule has 3 aliphatic rings. The summed E-state index contributed by atoms with van der Waals surface area (Å²) in [6, 6.07) is 8.90. The third-order valence-corrected chi connectivity index (χ3v) is 4.79. The van der Waals surface area contributed by atoms with E-state index in [0.29, 0.717) is 12.0 Å². The molecule has 2 aliphatic heterocycles. The van der Waals surface area contributed by atoms with E-state index in [9.17, 15) is 0 Å². The minimum absolute atomic E-state index is 0.451. The second kappa shape index (κ2) is 4.09. The molecule has 0 saturated heterocycles. The molecule has 4 rings (SSSR count). The summed E-state index contributed by atoms with van der Waals surface area (Å²) in [6.45, 7) is 1.01. The van der Waals surface area contributed by atoms with Crippen LogP contribution in [0.2, 0.25) is 0 Å². The normalized spacial score (nSPS) is 27.9. The first-order valence-corrected chi connectivity index (χ1v) is 7.24. The summed E-state index contributed by atoms with van der Waals surface area (Å²) < 4.78 is 0. The number of hydrogen-bond acceptors (Lipinski definition) is 3. The molecule has 0 N–H and O–H groups in total. The van der Waals surface area contributed by atoms with Gasteiger partial charge in [0.05, 0.1) is 17.7 Å². The molecule has 0 bridgehead atoms. The van der Waals surface area contributed by atoms with Crippen LogP contribution < -0.4 is 0 Å². The summed E-state index contributed by atoms with van der Waals surface area (Å²) >= 11 is 0. The first-order chi connectivity index (χ1) is 9.36. The number of nitriles is 1. The Balaban J connectivity index is 1.76. The third kappa shape index (κ3) is 1.59. The Morgan fingerprint density at radius 2 is 2.21 bits per heavy atom. The number of hydrogen-bond donors (Lipinski definition) is 0. The zero-order valence-electron chi connectivity index (χ0n) is 11.0. The molecule has 19 heavy (non-hydrogen) atoms. The van der Waals surface area contributed by atoms with Crippen LogP contribution in [-0.2, 0) is 6.42 Å². The van der Waals surface area contributed by atoms with Crippen LogP contribution >= 0.6 is 0 Å². The van der Waals surface area contributed by atoms with Gasteiger partial charge in [0, 0.05) is 18.2 Å². The van der Waals surface area contributed by atoms with Crippen molar-refractivity contribution >= 4 is 5.71 Å². The monoisotopic (exact) mass is 251 g/mol. The minimum atomic E-state index is 0.451. The lowest BCUT2D eigenvalue weighted by atomic mass is 9.78. The number of fused-ring (bicyclic) bond motifs is 5. The van der Waals surface area contributed by atoms with Crippen LogP contribution in [0, 0.1) is 17.2 Å². The van der Waals surface area contributed by atoms with Gasteiger partial charge in [-0.05, 0) is 48.9 Å². The van der Waals surface area contributed by atoms with Gasteiger partial charge < -0.3 is 0 Å². The molecular formula is C16H17N3. The Bertz CT molecular complexity index is 597. The lowest BCUT2D eigenvalue weighted by Crippen LogP contribution is -2.33. The Hall–Kier alpha value is -1.82. The number of rotatable bonds is 0. The minimum Gasteiger partial charge on any atom is -0.289 e. The Morgan fingerprint density at radius 3 is 3.11 bits per heavy atom. The van der Waals surface area contributed by atoms with Gasteiger partial charge in [-0.15, -0.1) is 0 Å².